The van der Waals surface area contributed by atoms with Crippen LogP contribution in [0.1, 0.15) is 10.4 Å². The maximum absolute atomic E-state index is 13.7. The zero-order valence-electron chi connectivity index (χ0n) is 11.1. The molecule has 1 aromatic carbocycles. The van der Waals surface area contributed by atoms with Crippen LogP contribution in [0.4, 0.5) is 4.39 Å². The Morgan fingerprint density at radius 3 is 2.65 bits per heavy atom. The fourth-order valence-corrected chi connectivity index (χ4v) is 3.00. The number of rotatable bonds is 2. The Balaban J connectivity index is 1.63. The summed E-state index contributed by atoms with van der Waals surface area (Å²) in [6.45, 7) is 5.31. The number of piperazine rings is 1. The number of nitrogens with zero attached hydrogens (tertiary/aromatic N) is 2. The number of carbonyl (C=O) groups excluding carboxylic acids is 1. The molecular formula is C14H17ClFN3O. The molecule has 2 saturated heterocycles. The normalized spacial score (nSPS) is 20.8. The van der Waals surface area contributed by atoms with Gasteiger partial charge in [0.05, 0.1) is 10.6 Å². The fourth-order valence-electron chi connectivity index (χ4n) is 2.76. The predicted molar refractivity (Wildman–Crippen MR) is 75.5 cm³/mol. The molecule has 0 radical (unpaired) electrons. The zero-order chi connectivity index (χ0) is 14.1. The number of halogens is 2. The van der Waals surface area contributed by atoms with Crippen LogP contribution in [-0.2, 0) is 0 Å². The van der Waals surface area contributed by atoms with Crippen LogP contribution in [0.3, 0.4) is 0 Å². The van der Waals surface area contributed by atoms with Gasteiger partial charge in [-0.1, -0.05) is 17.7 Å². The Kier molecular flexibility index (Phi) is 3.92. The maximum Gasteiger partial charge on any atom is 0.258 e. The fraction of sp³-hybridized carbons (Fsp3) is 0.500. The molecule has 0 atom stereocenters. The number of hydrogen-bond donors (Lipinski definition) is 1. The number of likely N-dealkylation sites (tertiary alicyclic amines) is 1. The summed E-state index contributed by atoms with van der Waals surface area (Å²) >= 11 is 5.93. The highest BCUT2D eigenvalue weighted by Crippen LogP contribution is 2.24. The van der Waals surface area contributed by atoms with Gasteiger partial charge in [0.1, 0.15) is 5.82 Å². The van der Waals surface area contributed by atoms with Crippen LogP contribution in [-0.4, -0.2) is 61.0 Å². The summed E-state index contributed by atoms with van der Waals surface area (Å²) in [7, 11) is 0. The van der Waals surface area contributed by atoms with Gasteiger partial charge in [-0.15, -0.1) is 0 Å². The smallest absolute Gasteiger partial charge is 0.258 e. The van der Waals surface area contributed by atoms with Gasteiger partial charge in [-0.25, -0.2) is 4.39 Å². The average molecular weight is 298 g/mol. The molecule has 6 heteroatoms. The van der Waals surface area contributed by atoms with E-state index in [-0.39, 0.29) is 16.5 Å². The first-order chi connectivity index (χ1) is 9.66. The van der Waals surface area contributed by atoms with E-state index in [9.17, 15) is 9.18 Å². The highest BCUT2D eigenvalue weighted by Gasteiger charge is 2.36. The van der Waals surface area contributed by atoms with Crippen molar-refractivity contribution in [3.63, 3.8) is 0 Å². The van der Waals surface area contributed by atoms with E-state index in [1.54, 1.807) is 11.0 Å². The van der Waals surface area contributed by atoms with Gasteiger partial charge < -0.3 is 10.2 Å². The standard InChI is InChI=1S/C14H17ClFN3O/c15-11-2-1-3-12(16)13(11)14(20)19-8-10(9-19)18-6-4-17-5-7-18/h1-3,10,17H,4-9H2. The molecule has 0 spiro atoms. The molecule has 4 nitrogen and oxygen atoms in total. The van der Waals surface area contributed by atoms with Crippen LogP contribution in [0, 0.1) is 5.82 Å². The summed E-state index contributed by atoms with van der Waals surface area (Å²) in [6.07, 6.45) is 0. The van der Waals surface area contributed by atoms with Crippen molar-refractivity contribution < 1.29 is 9.18 Å². The summed E-state index contributed by atoms with van der Waals surface area (Å²) in [5.41, 5.74) is -0.00655. The quantitative estimate of drug-likeness (QED) is 0.891. The molecule has 20 heavy (non-hydrogen) atoms. The minimum Gasteiger partial charge on any atom is -0.335 e. The minimum absolute atomic E-state index is 0.00655. The van der Waals surface area contributed by atoms with Crippen LogP contribution in [0.15, 0.2) is 18.2 Å². The third-order valence-electron chi connectivity index (χ3n) is 3.99. The van der Waals surface area contributed by atoms with Crippen LogP contribution in [0.2, 0.25) is 5.02 Å². The number of carbonyl (C=O) groups is 1. The van der Waals surface area contributed by atoms with Crippen molar-refractivity contribution >= 4 is 17.5 Å². The number of hydrogen-bond acceptors (Lipinski definition) is 3. The lowest BCUT2D eigenvalue weighted by Gasteiger charge is -2.46. The van der Waals surface area contributed by atoms with Gasteiger partial charge in [0.2, 0.25) is 0 Å². The van der Waals surface area contributed by atoms with E-state index in [1.165, 1.54) is 12.1 Å². The average Bonchev–Trinajstić information content (AvgIpc) is 2.38. The summed E-state index contributed by atoms with van der Waals surface area (Å²) in [4.78, 5) is 16.3. The lowest BCUT2D eigenvalue weighted by Crippen LogP contribution is -2.64. The van der Waals surface area contributed by atoms with Gasteiger partial charge in [-0.2, -0.15) is 0 Å². The first-order valence-electron chi connectivity index (χ1n) is 6.85. The van der Waals surface area contributed by atoms with E-state index in [1.807, 2.05) is 0 Å². The van der Waals surface area contributed by atoms with E-state index in [0.717, 1.165) is 26.2 Å². The van der Waals surface area contributed by atoms with Gasteiger partial charge in [0.25, 0.3) is 5.91 Å². The summed E-state index contributed by atoms with van der Waals surface area (Å²) < 4.78 is 13.7. The van der Waals surface area contributed by atoms with Gasteiger partial charge in [-0.05, 0) is 12.1 Å². The molecule has 2 fully saturated rings. The Hall–Kier alpha value is -1.17. The lowest BCUT2D eigenvalue weighted by atomic mass is 10.0. The zero-order valence-corrected chi connectivity index (χ0v) is 11.9. The third-order valence-corrected chi connectivity index (χ3v) is 4.31. The van der Waals surface area contributed by atoms with Gasteiger partial charge in [0, 0.05) is 45.3 Å². The number of nitrogens with one attached hydrogen (secondary N) is 1. The summed E-state index contributed by atoms with van der Waals surface area (Å²) in [6, 6.07) is 4.72. The highest BCUT2D eigenvalue weighted by molar-refractivity contribution is 6.33. The second-order valence-electron chi connectivity index (χ2n) is 5.25. The maximum atomic E-state index is 13.7. The Bertz CT molecular complexity index is 493. The Labute approximate surface area is 122 Å². The molecule has 0 bridgehead atoms. The molecule has 1 amide bonds. The number of benzene rings is 1. The molecular weight excluding hydrogens is 281 g/mol. The molecule has 108 valence electrons. The van der Waals surface area contributed by atoms with Crippen molar-refractivity contribution in [1.29, 1.82) is 0 Å². The van der Waals surface area contributed by atoms with Crippen molar-refractivity contribution in [3.05, 3.63) is 34.6 Å². The molecule has 0 aliphatic carbocycles. The monoisotopic (exact) mass is 297 g/mol. The first kappa shape index (κ1) is 13.8. The second-order valence-corrected chi connectivity index (χ2v) is 5.65. The topological polar surface area (TPSA) is 35.6 Å². The van der Waals surface area contributed by atoms with E-state index in [0.29, 0.717) is 19.1 Å². The van der Waals surface area contributed by atoms with E-state index in [4.69, 9.17) is 11.6 Å². The molecule has 2 heterocycles. The Morgan fingerprint density at radius 1 is 1.30 bits per heavy atom. The van der Waals surface area contributed by atoms with E-state index in [2.05, 4.69) is 10.2 Å². The van der Waals surface area contributed by atoms with E-state index >= 15 is 0 Å². The second kappa shape index (κ2) is 5.68. The predicted octanol–water partition coefficient (Wildman–Crippen LogP) is 1.21. The van der Waals surface area contributed by atoms with Crippen LogP contribution < -0.4 is 5.32 Å². The SMILES string of the molecule is O=C(c1c(F)cccc1Cl)N1CC(N2CCNCC2)C1. The third kappa shape index (κ3) is 2.53. The van der Waals surface area contributed by atoms with Crippen molar-refractivity contribution in [1.82, 2.24) is 15.1 Å². The molecule has 1 N–H and O–H groups in total. The highest BCUT2D eigenvalue weighted by atomic mass is 35.5. The molecule has 2 aliphatic rings. The van der Waals surface area contributed by atoms with Crippen molar-refractivity contribution in [2.45, 2.75) is 6.04 Å². The summed E-state index contributed by atoms with van der Waals surface area (Å²) in [5.74, 6) is -0.854. The van der Waals surface area contributed by atoms with E-state index < -0.39 is 5.82 Å². The van der Waals surface area contributed by atoms with Crippen molar-refractivity contribution in [3.8, 4) is 0 Å². The molecule has 0 aromatic heterocycles. The molecule has 1 aromatic rings. The molecule has 0 unspecified atom stereocenters. The minimum atomic E-state index is -0.548. The largest absolute Gasteiger partial charge is 0.335 e. The molecule has 3 rings (SSSR count). The van der Waals surface area contributed by atoms with Gasteiger partial charge in [-0.3, -0.25) is 9.69 Å². The molecule has 0 saturated carbocycles. The van der Waals surface area contributed by atoms with Crippen molar-refractivity contribution in [2.75, 3.05) is 39.3 Å². The lowest BCUT2D eigenvalue weighted by molar-refractivity contribution is 0.0224. The first-order valence-corrected chi connectivity index (χ1v) is 7.22. The van der Waals surface area contributed by atoms with Gasteiger partial charge in [0.15, 0.2) is 0 Å². The van der Waals surface area contributed by atoms with Crippen LogP contribution in [0.5, 0.6) is 0 Å². The Morgan fingerprint density at radius 2 is 2.00 bits per heavy atom. The molecule has 2 aliphatic heterocycles. The van der Waals surface area contributed by atoms with Crippen LogP contribution in [0.25, 0.3) is 0 Å². The van der Waals surface area contributed by atoms with Gasteiger partial charge >= 0.3 is 0 Å². The van der Waals surface area contributed by atoms with Crippen molar-refractivity contribution in [2.24, 2.45) is 0 Å². The summed E-state index contributed by atoms with van der Waals surface area (Å²) in [5, 5.41) is 3.48. The number of amides is 1. The van der Waals surface area contributed by atoms with Crippen LogP contribution >= 0.6 is 11.6 Å².